The fourth-order valence-electron chi connectivity index (χ4n) is 2.00. The first-order valence-corrected chi connectivity index (χ1v) is 5.69. The second-order valence-corrected chi connectivity index (χ2v) is 4.01. The van der Waals surface area contributed by atoms with Crippen LogP contribution in [0, 0.1) is 0 Å². The summed E-state index contributed by atoms with van der Waals surface area (Å²) < 4.78 is 10.6. The van der Waals surface area contributed by atoms with E-state index in [4.69, 9.17) is 15.2 Å². The van der Waals surface area contributed by atoms with Gasteiger partial charge in [0, 0.05) is 29.2 Å². The normalized spacial score (nSPS) is 12.7. The van der Waals surface area contributed by atoms with Crippen molar-refractivity contribution in [3.05, 3.63) is 23.9 Å². The second-order valence-electron chi connectivity index (χ2n) is 4.01. The van der Waals surface area contributed by atoms with Gasteiger partial charge in [0.1, 0.15) is 0 Å². The molecule has 4 nitrogen and oxygen atoms in total. The van der Waals surface area contributed by atoms with Gasteiger partial charge in [0.2, 0.25) is 0 Å². The SMILES string of the molecule is CCC(N)c1c[nH]c2cc(OC)c(OC)cc12. The van der Waals surface area contributed by atoms with Crippen molar-refractivity contribution in [2.24, 2.45) is 5.73 Å². The Balaban J connectivity index is 2.60. The first-order chi connectivity index (χ1) is 8.21. The van der Waals surface area contributed by atoms with Crippen LogP contribution in [0.1, 0.15) is 24.9 Å². The summed E-state index contributed by atoms with van der Waals surface area (Å²) in [5.74, 6) is 1.45. The fourth-order valence-corrected chi connectivity index (χ4v) is 2.00. The van der Waals surface area contributed by atoms with Crippen LogP contribution in [0.15, 0.2) is 18.3 Å². The summed E-state index contributed by atoms with van der Waals surface area (Å²) >= 11 is 0. The lowest BCUT2D eigenvalue weighted by Gasteiger charge is -2.10. The van der Waals surface area contributed by atoms with Gasteiger partial charge in [-0.2, -0.15) is 0 Å². The average Bonchev–Trinajstić information content (AvgIpc) is 2.78. The minimum absolute atomic E-state index is 0.0434. The zero-order chi connectivity index (χ0) is 12.4. The molecule has 1 aromatic heterocycles. The number of methoxy groups -OCH3 is 2. The van der Waals surface area contributed by atoms with Gasteiger partial charge in [-0.1, -0.05) is 6.92 Å². The molecule has 2 aromatic rings. The van der Waals surface area contributed by atoms with Gasteiger partial charge < -0.3 is 20.2 Å². The van der Waals surface area contributed by atoms with Crippen molar-refractivity contribution in [1.82, 2.24) is 4.98 Å². The zero-order valence-corrected chi connectivity index (χ0v) is 10.4. The Bertz CT molecular complexity index is 519. The zero-order valence-electron chi connectivity index (χ0n) is 10.4. The smallest absolute Gasteiger partial charge is 0.162 e. The monoisotopic (exact) mass is 234 g/mol. The Hall–Kier alpha value is -1.68. The molecule has 0 fully saturated rings. The minimum atomic E-state index is 0.0434. The summed E-state index contributed by atoms with van der Waals surface area (Å²) in [6.45, 7) is 2.07. The Morgan fingerprint density at radius 3 is 2.47 bits per heavy atom. The molecule has 2 rings (SSSR count). The molecule has 0 bridgehead atoms. The third-order valence-corrected chi connectivity index (χ3v) is 3.06. The molecule has 92 valence electrons. The molecule has 1 aromatic carbocycles. The number of hydrogen-bond donors (Lipinski definition) is 2. The van der Waals surface area contributed by atoms with Crippen LogP contribution in [-0.4, -0.2) is 19.2 Å². The molecule has 1 atom stereocenters. The lowest BCUT2D eigenvalue weighted by molar-refractivity contribution is 0.356. The number of H-pyrrole nitrogens is 1. The number of aromatic amines is 1. The van der Waals surface area contributed by atoms with Crippen molar-refractivity contribution in [2.75, 3.05) is 14.2 Å². The topological polar surface area (TPSA) is 60.3 Å². The molecule has 0 saturated carbocycles. The number of rotatable bonds is 4. The van der Waals surface area contributed by atoms with Crippen LogP contribution < -0.4 is 15.2 Å². The molecule has 0 spiro atoms. The maximum Gasteiger partial charge on any atom is 0.162 e. The lowest BCUT2D eigenvalue weighted by atomic mass is 10.0. The highest BCUT2D eigenvalue weighted by Crippen LogP contribution is 2.35. The Morgan fingerprint density at radius 1 is 1.24 bits per heavy atom. The quantitative estimate of drug-likeness (QED) is 0.854. The van der Waals surface area contributed by atoms with Gasteiger partial charge in [0.15, 0.2) is 11.5 Å². The van der Waals surface area contributed by atoms with E-state index >= 15 is 0 Å². The standard InChI is InChI=1S/C13H18N2O2/c1-4-10(14)9-7-15-11-6-13(17-3)12(16-2)5-8(9)11/h5-7,10,15H,4,14H2,1-3H3. The van der Waals surface area contributed by atoms with Gasteiger partial charge in [-0.25, -0.2) is 0 Å². The number of nitrogens with one attached hydrogen (secondary N) is 1. The van der Waals surface area contributed by atoms with E-state index in [9.17, 15) is 0 Å². The minimum Gasteiger partial charge on any atom is -0.493 e. The average molecular weight is 234 g/mol. The van der Waals surface area contributed by atoms with Crippen LogP contribution in [0.2, 0.25) is 0 Å². The van der Waals surface area contributed by atoms with Crippen molar-refractivity contribution >= 4 is 10.9 Å². The molecule has 3 N–H and O–H groups in total. The largest absolute Gasteiger partial charge is 0.493 e. The number of hydrogen-bond acceptors (Lipinski definition) is 3. The predicted octanol–water partition coefficient (Wildman–Crippen LogP) is 2.59. The summed E-state index contributed by atoms with van der Waals surface area (Å²) in [6, 6.07) is 3.94. The van der Waals surface area contributed by atoms with E-state index in [0.717, 1.165) is 34.4 Å². The van der Waals surface area contributed by atoms with Gasteiger partial charge >= 0.3 is 0 Å². The number of nitrogens with two attached hydrogens (primary N) is 1. The molecule has 17 heavy (non-hydrogen) atoms. The van der Waals surface area contributed by atoms with Crippen molar-refractivity contribution < 1.29 is 9.47 Å². The van der Waals surface area contributed by atoms with Crippen LogP contribution in [0.3, 0.4) is 0 Å². The molecule has 4 heteroatoms. The summed E-state index contributed by atoms with van der Waals surface area (Å²) in [5, 5.41) is 1.09. The first kappa shape index (κ1) is 11.8. The maximum absolute atomic E-state index is 6.07. The van der Waals surface area contributed by atoms with Gasteiger partial charge in [-0.05, 0) is 18.1 Å². The summed E-state index contributed by atoms with van der Waals surface area (Å²) in [7, 11) is 3.26. The second kappa shape index (κ2) is 4.67. The molecule has 0 aliphatic heterocycles. The highest BCUT2D eigenvalue weighted by Gasteiger charge is 2.13. The molecule has 0 saturated heterocycles. The van der Waals surface area contributed by atoms with E-state index in [-0.39, 0.29) is 6.04 Å². The predicted molar refractivity (Wildman–Crippen MR) is 68.6 cm³/mol. The number of ether oxygens (including phenoxy) is 2. The van der Waals surface area contributed by atoms with Gasteiger partial charge in [-0.15, -0.1) is 0 Å². The number of aromatic nitrogens is 1. The summed E-state index contributed by atoms with van der Waals surface area (Å²) in [4.78, 5) is 3.21. The van der Waals surface area contributed by atoms with Crippen molar-refractivity contribution in [3.63, 3.8) is 0 Å². The molecular formula is C13H18N2O2. The summed E-state index contributed by atoms with van der Waals surface area (Å²) in [5.41, 5.74) is 8.20. The van der Waals surface area contributed by atoms with Crippen molar-refractivity contribution in [1.29, 1.82) is 0 Å². The van der Waals surface area contributed by atoms with Crippen molar-refractivity contribution in [3.8, 4) is 11.5 Å². The van der Waals surface area contributed by atoms with Crippen LogP contribution in [0.25, 0.3) is 10.9 Å². The van der Waals surface area contributed by atoms with Crippen molar-refractivity contribution in [2.45, 2.75) is 19.4 Å². The van der Waals surface area contributed by atoms with Crippen LogP contribution in [-0.2, 0) is 0 Å². The van der Waals surface area contributed by atoms with Gasteiger partial charge in [0.05, 0.1) is 14.2 Å². The van der Waals surface area contributed by atoms with E-state index < -0.39 is 0 Å². The third-order valence-electron chi connectivity index (χ3n) is 3.06. The van der Waals surface area contributed by atoms with Gasteiger partial charge in [0.25, 0.3) is 0 Å². The highest BCUT2D eigenvalue weighted by molar-refractivity contribution is 5.87. The number of fused-ring (bicyclic) bond motifs is 1. The van der Waals surface area contributed by atoms with E-state index in [1.165, 1.54) is 0 Å². The van der Waals surface area contributed by atoms with Crippen LogP contribution in [0.4, 0.5) is 0 Å². The Labute approximate surface area is 101 Å². The van der Waals surface area contributed by atoms with Crippen LogP contribution in [0.5, 0.6) is 11.5 Å². The summed E-state index contributed by atoms with van der Waals surface area (Å²) in [6.07, 6.45) is 2.86. The lowest BCUT2D eigenvalue weighted by Crippen LogP contribution is -2.07. The third kappa shape index (κ3) is 1.96. The van der Waals surface area contributed by atoms with E-state index in [1.54, 1.807) is 14.2 Å². The Kier molecular flexibility index (Phi) is 3.24. The first-order valence-electron chi connectivity index (χ1n) is 5.69. The maximum atomic E-state index is 6.07. The molecule has 1 unspecified atom stereocenters. The molecule has 0 radical (unpaired) electrons. The highest BCUT2D eigenvalue weighted by atomic mass is 16.5. The molecule has 0 aliphatic rings. The Morgan fingerprint density at radius 2 is 1.88 bits per heavy atom. The molecular weight excluding hydrogens is 216 g/mol. The van der Waals surface area contributed by atoms with E-state index in [1.807, 2.05) is 18.3 Å². The molecule has 1 heterocycles. The van der Waals surface area contributed by atoms with E-state index in [2.05, 4.69) is 11.9 Å². The van der Waals surface area contributed by atoms with Crippen LogP contribution >= 0.6 is 0 Å². The van der Waals surface area contributed by atoms with Gasteiger partial charge in [-0.3, -0.25) is 0 Å². The molecule has 0 amide bonds. The fraction of sp³-hybridized carbons (Fsp3) is 0.385. The molecule has 0 aliphatic carbocycles. The van der Waals surface area contributed by atoms with E-state index in [0.29, 0.717) is 0 Å². The number of benzene rings is 1.